The Balaban J connectivity index is 2.19. The third kappa shape index (κ3) is 4.13. The minimum atomic E-state index is -0.501. The molecule has 0 radical (unpaired) electrons. The zero-order valence-corrected chi connectivity index (χ0v) is 12.3. The van der Waals surface area contributed by atoms with E-state index in [1.165, 1.54) is 17.0 Å². The number of nitrogens with one attached hydrogen (secondary N) is 2. The Labute approximate surface area is 124 Å². The molecule has 2 rings (SSSR count). The first kappa shape index (κ1) is 15.2. The first-order valence-electron chi connectivity index (χ1n) is 6.97. The van der Waals surface area contributed by atoms with Crippen LogP contribution in [0.1, 0.15) is 22.0 Å². The molecule has 1 amide bonds. The van der Waals surface area contributed by atoms with E-state index in [0.717, 1.165) is 12.1 Å². The van der Waals surface area contributed by atoms with Gasteiger partial charge in [0.1, 0.15) is 18.4 Å². The lowest BCUT2D eigenvalue weighted by atomic mass is 10.1. The molecule has 0 bridgehead atoms. The highest BCUT2D eigenvalue weighted by Crippen LogP contribution is 2.13. The average Bonchev–Trinajstić information content (AvgIpc) is 2.47. The third-order valence-corrected chi connectivity index (χ3v) is 3.24. The van der Waals surface area contributed by atoms with Gasteiger partial charge in [0.2, 0.25) is 0 Å². The fraction of sp³-hybridized carbons (Fsp3) is 0.235. The predicted molar refractivity (Wildman–Crippen MR) is 80.7 cm³/mol. The van der Waals surface area contributed by atoms with Crippen LogP contribution in [-0.2, 0) is 0 Å². The van der Waals surface area contributed by atoms with Gasteiger partial charge in [0, 0.05) is 0 Å². The first-order valence-corrected chi connectivity index (χ1v) is 6.97. The van der Waals surface area contributed by atoms with Crippen LogP contribution in [0.4, 0.5) is 4.39 Å². The molecule has 0 saturated carbocycles. The Morgan fingerprint density at radius 2 is 1.71 bits per heavy atom. The lowest BCUT2D eigenvalue weighted by Gasteiger charge is -2.21. The normalized spacial score (nSPS) is 12.2. The Morgan fingerprint density at radius 3 is 2.33 bits per heavy atom. The Hall–Kier alpha value is -2.20. The van der Waals surface area contributed by atoms with E-state index in [9.17, 15) is 9.18 Å². The molecule has 1 atom stereocenters. The van der Waals surface area contributed by atoms with E-state index in [0.29, 0.717) is 0 Å². The predicted octanol–water partition coefficient (Wildman–Crippen LogP) is 1.44. The van der Waals surface area contributed by atoms with Crippen LogP contribution in [0.5, 0.6) is 0 Å². The van der Waals surface area contributed by atoms with Gasteiger partial charge in [-0.1, -0.05) is 42.5 Å². The number of hydrogen-bond acceptors (Lipinski definition) is 1. The van der Waals surface area contributed by atoms with E-state index in [1.54, 1.807) is 12.1 Å². The Bertz CT molecular complexity index is 599. The van der Waals surface area contributed by atoms with Gasteiger partial charge in [0.15, 0.2) is 0 Å². The van der Waals surface area contributed by atoms with Crippen LogP contribution in [0, 0.1) is 5.82 Å². The van der Waals surface area contributed by atoms with Gasteiger partial charge in [-0.15, -0.1) is 0 Å². The maximum Gasteiger partial charge on any atom is 0.254 e. The van der Waals surface area contributed by atoms with Crippen molar-refractivity contribution in [2.24, 2.45) is 0 Å². The average molecular weight is 287 g/mol. The molecule has 2 N–H and O–H groups in total. The van der Waals surface area contributed by atoms with Crippen molar-refractivity contribution < 1.29 is 14.1 Å². The number of carbonyl (C=O) groups excluding carboxylic acids is 1. The standard InChI is InChI=1S/C17H19FN2O/c1-20(2)12-16(13-8-4-3-5-9-13)19-17(21)14-10-6-7-11-15(14)18/h3-11,16H,12H2,1-2H3,(H,19,21)/p+1/t16-/m1/s1. The maximum absolute atomic E-state index is 13.7. The zero-order valence-electron chi connectivity index (χ0n) is 12.3. The summed E-state index contributed by atoms with van der Waals surface area (Å²) in [5, 5.41) is 2.92. The molecule has 0 aromatic heterocycles. The molecule has 21 heavy (non-hydrogen) atoms. The summed E-state index contributed by atoms with van der Waals surface area (Å²) in [6.45, 7) is 0.726. The van der Waals surface area contributed by atoms with Crippen LogP contribution in [-0.4, -0.2) is 26.5 Å². The number of hydrogen-bond donors (Lipinski definition) is 2. The van der Waals surface area contributed by atoms with E-state index in [-0.39, 0.29) is 17.5 Å². The molecule has 4 heteroatoms. The van der Waals surface area contributed by atoms with Gasteiger partial charge in [0.25, 0.3) is 5.91 Å². The topological polar surface area (TPSA) is 33.5 Å². The van der Waals surface area contributed by atoms with Crippen molar-refractivity contribution in [1.29, 1.82) is 0 Å². The molecule has 0 aliphatic carbocycles. The van der Waals surface area contributed by atoms with E-state index < -0.39 is 5.82 Å². The largest absolute Gasteiger partial charge is 0.340 e. The monoisotopic (exact) mass is 287 g/mol. The van der Waals surface area contributed by atoms with Crippen molar-refractivity contribution >= 4 is 5.91 Å². The quantitative estimate of drug-likeness (QED) is 0.857. The summed E-state index contributed by atoms with van der Waals surface area (Å²) < 4.78 is 13.7. The second kappa shape index (κ2) is 6.99. The SMILES string of the molecule is C[NH+](C)C[C@@H](NC(=O)c1ccccc1F)c1ccccc1. The molecule has 2 aromatic rings. The van der Waals surface area contributed by atoms with Gasteiger partial charge in [-0.3, -0.25) is 4.79 Å². The second-order valence-corrected chi connectivity index (χ2v) is 5.33. The van der Waals surface area contributed by atoms with Crippen LogP contribution in [0.25, 0.3) is 0 Å². The number of amides is 1. The summed E-state index contributed by atoms with van der Waals surface area (Å²) in [4.78, 5) is 13.5. The lowest BCUT2D eigenvalue weighted by molar-refractivity contribution is -0.860. The summed E-state index contributed by atoms with van der Waals surface area (Å²) in [5.41, 5.74) is 1.09. The van der Waals surface area contributed by atoms with Crippen LogP contribution >= 0.6 is 0 Å². The van der Waals surface area contributed by atoms with Gasteiger partial charge in [-0.05, 0) is 17.7 Å². The van der Waals surface area contributed by atoms with Crippen LogP contribution in [0.2, 0.25) is 0 Å². The number of halogens is 1. The van der Waals surface area contributed by atoms with Crippen molar-refractivity contribution in [3.63, 3.8) is 0 Å². The minimum Gasteiger partial charge on any atom is -0.340 e. The minimum absolute atomic E-state index is 0.0761. The molecule has 0 saturated heterocycles. The molecule has 0 unspecified atom stereocenters. The molecular weight excluding hydrogens is 267 g/mol. The fourth-order valence-electron chi connectivity index (χ4n) is 2.23. The van der Waals surface area contributed by atoms with Gasteiger partial charge >= 0.3 is 0 Å². The van der Waals surface area contributed by atoms with Gasteiger partial charge < -0.3 is 10.2 Å². The number of likely N-dealkylation sites (N-methyl/N-ethyl adjacent to an activating group) is 1. The van der Waals surface area contributed by atoms with E-state index in [4.69, 9.17) is 0 Å². The van der Waals surface area contributed by atoms with Crippen molar-refractivity contribution in [2.75, 3.05) is 20.6 Å². The smallest absolute Gasteiger partial charge is 0.254 e. The lowest BCUT2D eigenvalue weighted by Crippen LogP contribution is -3.06. The summed E-state index contributed by atoms with van der Waals surface area (Å²) in [7, 11) is 4.04. The number of benzene rings is 2. The van der Waals surface area contributed by atoms with Gasteiger partial charge in [-0.25, -0.2) is 4.39 Å². The number of rotatable bonds is 5. The van der Waals surface area contributed by atoms with Crippen molar-refractivity contribution in [1.82, 2.24) is 5.32 Å². The zero-order chi connectivity index (χ0) is 15.2. The van der Waals surface area contributed by atoms with Crippen molar-refractivity contribution in [3.05, 3.63) is 71.5 Å². The second-order valence-electron chi connectivity index (χ2n) is 5.33. The molecule has 0 aliphatic rings. The van der Waals surface area contributed by atoms with E-state index >= 15 is 0 Å². The summed E-state index contributed by atoms with van der Waals surface area (Å²) in [5.74, 6) is -0.887. The molecular formula is C17H20FN2O+. The van der Waals surface area contributed by atoms with Crippen molar-refractivity contribution in [3.8, 4) is 0 Å². The Kier molecular flexibility index (Phi) is 5.06. The van der Waals surface area contributed by atoms with Crippen LogP contribution < -0.4 is 10.2 Å². The number of quaternary nitrogens is 1. The molecule has 0 spiro atoms. The van der Waals surface area contributed by atoms with Crippen LogP contribution in [0.15, 0.2) is 54.6 Å². The maximum atomic E-state index is 13.7. The first-order chi connectivity index (χ1) is 10.1. The number of carbonyl (C=O) groups is 1. The van der Waals surface area contributed by atoms with Crippen LogP contribution in [0.3, 0.4) is 0 Å². The van der Waals surface area contributed by atoms with Gasteiger partial charge in [0.05, 0.1) is 19.7 Å². The highest BCUT2D eigenvalue weighted by atomic mass is 19.1. The fourth-order valence-corrected chi connectivity index (χ4v) is 2.23. The van der Waals surface area contributed by atoms with Crippen molar-refractivity contribution in [2.45, 2.75) is 6.04 Å². The highest BCUT2D eigenvalue weighted by Gasteiger charge is 2.20. The molecule has 110 valence electrons. The third-order valence-electron chi connectivity index (χ3n) is 3.24. The molecule has 0 fully saturated rings. The summed E-state index contributed by atoms with van der Waals surface area (Å²) >= 11 is 0. The van der Waals surface area contributed by atoms with E-state index in [2.05, 4.69) is 5.32 Å². The Morgan fingerprint density at radius 1 is 1.10 bits per heavy atom. The molecule has 3 nitrogen and oxygen atoms in total. The molecule has 0 heterocycles. The molecule has 2 aromatic carbocycles. The summed E-state index contributed by atoms with van der Waals surface area (Å²) in [6, 6.07) is 15.6. The van der Waals surface area contributed by atoms with E-state index in [1.807, 2.05) is 44.4 Å². The highest BCUT2D eigenvalue weighted by molar-refractivity contribution is 5.94. The van der Waals surface area contributed by atoms with Gasteiger partial charge in [-0.2, -0.15) is 0 Å². The summed E-state index contributed by atoms with van der Waals surface area (Å²) in [6.07, 6.45) is 0. The molecule has 0 aliphatic heterocycles.